The normalized spacial score (nSPS) is 16.9. The SMILES string of the molecule is CCO[C@H](CC(C)=O)C(Cc1ccc(Cl)cc1)c1ccc(CN2CCOCC2)cc1. The molecule has 0 aromatic heterocycles. The number of morpholine rings is 1. The molecule has 2 aromatic carbocycles. The zero-order valence-corrected chi connectivity index (χ0v) is 18.7. The van der Waals surface area contributed by atoms with Gasteiger partial charge < -0.3 is 9.47 Å². The summed E-state index contributed by atoms with van der Waals surface area (Å²) in [6.45, 7) is 8.72. The third-order valence-corrected chi connectivity index (χ3v) is 5.86. The smallest absolute Gasteiger partial charge is 0.132 e. The maximum absolute atomic E-state index is 11.9. The van der Waals surface area contributed by atoms with Crippen LogP contribution in [0.1, 0.15) is 42.9 Å². The van der Waals surface area contributed by atoms with Crippen LogP contribution in [0.3, 0.4) is 0 Å². The Morgan fingerprint density at radius 3 is 2.30 bits per heavy atom. The molecular weight excluding hydrogens is 398 g/mol. The van der Waals surface area contributed by atoms with Crippen LogP contribution >= 0.6 is 11.6 Å². The summed E-state index contributed by atoms with van der Waals surface area (Å²) in [6, 6.07) is 16.7. The first-order chi connectivity index (χ1) is 14.5. The van der Waals surface area contributed by atoms with Gasteiger partial charge in [0.25, 0.3) is 0 Å². The third kappa shape index (κ3) is 6.92. The molecule has 0 N–H and O–H groups in total. The van der Waals surface area contributed by atoms with Crippen molar-refractivity contribution in [3.05, 3.63) is 70.2 Å². The molecule has 0 amide bonds. The number of ketones is 1. The van der Waals surface area contributed by atoms with E-state index in [0.29, 0.717) is 13.0 Å². The molecule has 30 heavy (non-hydrogen) atoms. The van der Waals surface area contributed by atoms with Gasteiger partial charge in [-0.25, -0.2) is 0 Å². The highest BCUT2D eigenvalue weighted by atomic mass is 35.5. The second-order valence-electron chi connectivity index (χ2n) is 7.97. The molecule has 1 saturated heterocycles. The van der Waals surface area contributed by atoms with Gasteiger partial charge in [0.15, 0.2) is 0 Å². The van der Waals surface area contributed by atoms with Crippen molar-refractivity contribution in [1.29, 1.82) is 0 Å². The zero-order chi connectivity index (χ0) is 21.3. The van der Waals surface area contributed by atoms with E-state index in [2.05, 4.69) is 41.3 Å². The molecule has 4 nitrogen and oxygen atoms in total. The molecule has 1 heterocycles. The molecule has 1 aliphatic heterocycles. The predicted octanol–water partition coefficient (Wildman–Crippen LogP) is 4.88. The Morgan fingerprint density at radius 2 is 1.70 bits per heavy atom. The van der Waals surface area contributed by atoms with E-state index < -0.39 is 0 Å². The van der Waals surface area contributed by atoms with Crippen molar-refractivity contribution in [1.82, 2.24) is 4.90 Å². The van der Waals surface area contributed by atoms with Crippen molar-refractivity contribution >= 4 is 17.4 Å². The predicted molar refractivity (Wildman–Crippen MR) is 121 cm³/mol. The van der Waals surface area contributed by atoms with Crippen LogP contribution in [0.15, 0.2) is 48.5 Å². The Morgan fingerprint density at radius 1 is 1.07 bits per heavy atom. The van der Waals surface area contributed by atoms with Crippen molar-refractivity contribution in [2.24, 2.45) is 0 Å². The van der Waals surface area contributed by atoms with E-state index in [1.54, 1.807) is 6.92 Å². The molecule has 0 radical (unpaired) electrons. The Bertz CT molecular complexity index is 785. The Balaban J connectivity index is 1.80. The highest BCUT2D eigenvalue weighted by Gasteiger charge is 2.26. The van der Waals surface area contributed by atoms with Gasteiger partial charge in [0.1, 0.15) is 5.78 Å². The van der Waals surface area contributed by atoms with Gasteiger partial charge >= 0.3 is 0 Å². The van der Waals surface area contributed by atoms with Crippen molar-refractivity contribution in [2.45, 2.75) is 45.3 Å². The van der Waals surface area contributed by atoms with Gasteiger partial charge in [0.2, 0.25) is 0 Å². The van der Waals surface area contributed by atoms with Crippen LogP contribution in [0.5, 0.6) is 0 Å². The van der Waals surface area contributed by atoms with Crippen LogP contribution in [0.2, 0.25) is 5.02 Å². The van der Waals surface area contributed by atoms with Gasteiger partial charge in [-0.15, -0.1) is 0 Å². The molecule has 0 spiro atoms. The third-order valence-electron chi connectivity index (χ3n) is 5.60. The molecule has 0 aliphatic carbocycles. The number of Topliss-reactive ketones (excluding diaryl/α,β-unsaturated/α-hetero) is 1. The summed E-state index contributed by atoms with van der Waals surface area (Å²) < 4.78 is 11.5. The molecule has 0 bridgehead atoms. The molecule has 5 heteroatoms. The summed E-state index contributed by atoms with van der Waals surface area (Å²) in [4.78, 5) is 14.3. The number of carbonyl (C=O) groups is 1. The number of benzene rings is 2. The first-order valence-corrected chi connectivity index (χ1v) is 11.2. The summed E-state index contributed by atoms with van der Waals surface area (Å²) in [5.74, 6) is 0.256. The summed E-state index contributed by atoms with van der Waals surface area (Å²) >= 11 is 6.06. The van der Waals surface area contributed by atoms with E-state index in [9.17, 15) is 4.79 Å². The minimum absolute atomic E-state index is 0.104. The highest BCUT2D eigenvalue weighted by molar-refractivity contribution is 6.30. The van der Waals surface area contributed by atoms with Crippen LogP contribution in [-0.4, -0.2) is 49.7 Å². The zero-order valence-electron chi connectivity index (χ0n) is 18.0. The van der Waals surface area contributed by atoms with Gasteiger partial charge in [0, 0.05) is 43.6 Å². The minimum atomic E-state index is -0.145. The van der Waals surface area contributed by atoms with Gasteiger partial charge in [-0.3, -0.25) is 9.69 Å². The molecule has 2 aromatic rings. The van der Waals surface area contributed by atoms with Gasteiger partial charge in [-0.1, -0.05) is 48.0 Å². The number of carbonyl (C=O) groups excluding carboxylic acids is 1. The lowest BCUT2D eigenvalue weighted by atomic mass is 9.85. The van der Waals surface area contributed by atoms with E-state index in [4.69, 9.17) is 21.1 Å². The topological polar surface area (TPSA) is 38.8 Å². The number of ether oxygens (including phenoxy) is 2. The van der Waals surface area contributed by atoms with E-state index in [0.717, 1.165) is 44.3 Å². The molecule has 1 fully saturated rings. The number of nitrogens with zero attached hydrogens (tertiary/aromatic N) is 1. The summed E-state index contributed by atoms with van der Waals surface area (Å²) in [6.07, 6.45) is 1.08. The number of hydrogen-bond acceptors (Lipinski definition) is 4. The lowest BCUT2D eigenvalue weighted by Crippen LogP contribution is -2.35. The fourth-order valence-electron chi connectivity index (χ4n) is 4.04. The average Bonchev–Trinajstić information content (AvgIpc) is 2.74. The van der Waals surface area contributed by atoms with E-state index in [1.165, 1.54) is 16.7 Å². The summed E-state index contributed by atoms with van der Waals surface area (Å²) in [7, 11) is 0. The minimum Gasteiger partial charge on any atom is -0.379 e. The Hall–Kier alpha value is -1.72. The van der Waals surface area contributed by atoms with Crippen molar-refractivity contribution in [3.8, 4) is 0 Å². The fourth-order valence-corrected chi connectivity index (χ4v) is 4.17. The van der Waals surface area contributed by atoms with Crippen LogP contribution in [0.4, 0.5) is 0 Å². The monoisotopic (exact) mass is 429 g/mol. The lowest BCUT2D eigenvalue weighted by molar-refractivity contribution is -0.120. The molecule has 2 atom stereocenters. The van der Waals surface area contributed by atoms with Crippen LogP contribution in [0, 0.1) is 0 Å². The Kier molecular flexibility index (Phi) is 8.88. The molecule has 162 valence electrons. The molecule has 1 unspecified atom stereocenters. The largest absolute Gasteiger partial charge is 0.379 e. The second kappa shape index (κ2) is 11.6. The van der Waals surface area contributed by atoms with Gasteiger partial charge in [-0.2, -0.15) is 0 Å². The fraction of sp³-hybridized carbons (Fsp3) is 0.480. The number of rotatable bonds is 10. The van der Waals surface area contributed by atoms with Crippen molar-refractivity contribution < 1.29 is 14.3 Å². The van der Waals surface area contributed by atoms with Crippen LogP contribution in [0.25, 0.3) is 0 Å². The quantitative estimate of drug-likeness (QED) is 0.539. The van der Waals surface area contributed by atoms with Gasteiger partial charge in [-0.05, 0) is 49.1 Å². The average molecular weight is 430 g/mol. The number of hydrogen-bond donors (Lipinski definition) is 0. The molecule has 1 aliphatic rings. The van der Waals surface area contributed by atoms with Crippen LogP contribution in [-0.2, 0) is 27.2 Å². The number of halogens is 1. The standard InChI is InChI=1S/C25H32ClNO3/c1-3-30-25(16-19(2)28)24(17-20-6-10-23(26)11-7-20)22-8-4-21(5-9-22)18-27-12-14-29-15-13-27/h4-11,24-25H,3,12-18H2,1-2H3/t24?,25-/m1/s1. The maximum Gasteiger partial charge on any atom is 0.132 e. The van der Waals surface area contributed by atoms with E-state index >= 15 is 0 Å². The molecular formula is C25H32ClNO3. The lowest BCUT2D eigenvalue weighted by Gasteiger charge is -2.28. The Labute approximate surface area is 185 Å². The first kappa shape index (κ1) is 23.0. The van der Waals surface area contributed by atoms with Crippen LogP contribution < -0.4 is 0 Å². The molecule has 0 saturated carbocycles. The van der Waals surface area contributed by atoms with Gasteiger partial charge in [0.05, 0.1) is 19.3 Å². The summed E-state index contributed by atoms with van der Waals surface area (Å²) in [5, 5.41) is 0.729. The van der Waals surface area contributed by atoms with E-state index in [1.807, 2.05) is 19.1 Å². The first-order valence-electron chi connectivity index (χ1n) is 10.8. The second-order valence-corrected chi connectivity index (χ2v) is 8.40. The van der Waals surface area contributed by atoms with Crippen molar-refractivity contribution in [2.75, 3.05) is 32.9 Å². The maximum atomic E-state index is 11.9. The van der Waals surface area contributed by atoms with E-state index in [-0.39, 0.29) is 17.8 Å². The summed E-state index contributed by atoms with van der Waals surface area (Å²) in [5.41, 5.74) is 3.69. The highest BCUT2D eigenvalue weighted by Crippen LogP contribution is 2.30. The molecule has 3 rings (SSSR count). The van der Waals surface area contributed by atoms with Crippen molar-refractivity contribution in [3.63, 3.8) is 0 Å².